The van der Waals surface area contributed by atoms with Crippen LogP contribution in [0.4, 0.5) is 0 Å². The Kier molecular flexibility index (Phi) is 6.98. The van der Waals surface area contributed by atoms with E-state index in [1.807, 2.05) is 11.2 Å². The molecule has 0 aliphatic carbocycles. The number of methoxy groups -OCH3 is 1. The standard InChI is InChI=1S/C16H24N2O4S/c1-21-16(20)14-5-4-13(22-14)12-17-7-3-8-18(10-9-17)15(19)6-11-23-2/h4-5H,3,6-12H2,1-2H3. The van der Waals surface area contributed by atoms with E-state index in [0.29, 0.717) is 13.0 Å². The number of furan rings is 1. The van der Waals surface area contributed by atoms with Crippen molar-refractivity contribution in [3.05, 3.63) is 23.7 Å². The summed E-state index contributed by atoms with van der Waals surface area (Å²) in [6.45, 7) is 3.94. The quantitative estimate of drug-likeness (QED) is 0.737. The molecule has 0 N–H and O–H groups in total. The Morgan fingerprint density at radius 1 is 1.26 bits per heavy atom. The van der Waals surface area contributed by atoms with Crippen LogP contribution in [0.3, 0.4) is 0 Å². The van der Waals surface area contributed by atoms with Gasteiger partial charge >= 0.3 is 5.97 Å². The average Bonchev–Trinajstić information content (AvgIpc) is 2.90. The summed E-state index contributed by atoms with van der Waals surface area (Å²) in [7, 11) is 1.34. The van der Waals surface area contributed by atoms with Crippen LogP contribution >= 0.6 is 11.8 Å². The van der Waals surface area contributed by atoms with Crippen LogP contribution in [0.5, 0.6) is 0 Å². The summed E-state index contributed by atoms with van der Waals surface area (Å²) in [4.78, 5) is 27.7. The highest BCUT2D eigenvalue weighted by molar-refractivity contribution is 7.98. The van der Waals surface area contributed by atoms with Gasteiger partial charge in [0.1, 0.15) is 5.76 Å². The number of esters is 1. The minimum atomic E-state index is -0.460. The van der Waals surface area contributed by atoms with E-state index in [1.54, 1.807) is 23.9 Å². The lowest BCUT2D eigenvalue weighted by Gasteiger charge is -2.21. The lowest BCUT2D eigenvalue weighted by molar-refractivity contribution is -0.130. The Morgan fingerprint density at radius 3 is 2.83 bits per heavy atom. The SMILES string of the molecule is COC(=O)c1ccc(CN2CCCN(C(=O)CCSC)CC2)o1. The smallest absolute Gasteiger partial charge is 0.373 e. The van der Waals surface area contributed by atoms with Crippen molar-refractivity contribution in [3.63, 3.8) is 0 Å². The molecule has 0 atom stereocenters. The van der Waals surface area contributed by atoms with E-state index in [2.05, 4.69) is 9.64 Å². The highest BCUT2D eigenvalue weighted by Gasteiger charge is 2.20. The van der Waals surface area contributed by atoms with Crippen molar-refractivity contribution in [2.24, 2.45) is 0 Å². The van der Waals surface area contributed by atoms with Crippen LogP contribution in [-0.4, -0.2) is 67.0 Å². The van der Waals surface area contributed by atoms with Gasteiger partial charge in [-0.05, 0) is 24.8 Å². The van der Waals surface area contributed by atoms with Gasteiger partial charge in [-0.2, -0.15) is 11.8 Å². The Hall–Kier alpha value is -1.47. The molecule has 1 amide bonds. The molecule has 23 heavy (non-hydrogen) atoms. The minimum absolute atomic E-state index is 0.228. The first-order chi connectivity index (χ1) is 11.1. The molecule has 6 nitrogen and oxygen atoms in total. The van der Waals surface area contributed by atoms with Gasteiger partial charge in [0.05, 0.1) is 13.7 Å². The van der Waals surface area contributed by atoms with Gasteiger partial charge in [-0.25, -0.2) is 4.79 Å². The summed E-state index contributed by atoms with van der Waals surface area (Å²) in [5.74, 6) is 1.63. The van der Waals surface area contributed by atoms with Crippen molar-refractivity contribution in [3.8, 4) is 0 Å². The average molecular weight is 340 g/mol. The predicted molar refractivity (Wildman–Crippen MR) is 89.5 cm³/mol. The molecule has 2 heterocycles. The zero-order valence-electron chi connectivity index (χ0n) is 13.7. The van der Waals surface area contributed by atoms with E-state index in [9.17, 15) is 9.59 Å². The van der Waals surface area contributed by atoms with Gasteiger partial charge in [-0.15, -0.1) is 0 Å². The van der Waals surface area contributed by atoms with Gasteiger partial charge in [0.2, 0.25) is 11.7 Å². The largest absolute Gasteiger partial charge is 0.463 e. The monoisotopic (exact) mass is 340 g/mol. The number of amides is 1. The van der Waals surface area contributed by atoms with Crippen LogP contribution < -0.4 is 0 Å². The predicted octanol–water partition coefficient (Wildman–Crippen LogP) is 1.85. The zero-order chi connectivity index (χ0) is 16.7. The van der Waals surface area contributed by atoms with Gasteiger partial charge in [0, 0.05) is 38.4 Å². The molecule has 128 valence electrons. The fraction of sp³-hybridized carbons (Fsp3) is 0.625. The maximum Gasteiger partial charge on any atom is 0.373 e. The number of hydrogen-bond donors (Lipinski definition) is 0. The van der Waals surface area contributed by atoms with E-state index >= 15 is 0 Å². The Balaban J connectivity index is 1.84. The lowest BCUT2D eigenvalue weighted by atomic mass is 10.3. The van der Waals surface area contributed by atoms with E-state index in [4.69, 9.17) is 4.42 Å². The van der Waals surface area contributed by atoms with Gasteiger partial charge in [-0.3, -0.25) is 9.69 Å². The number of rotatable bonds is 6. The summed E-state index contributed by atoms with van der Waals surface area (Å²) < 4.78 is 10.1. The van der Waals surface area contributed by atoms with Gasteiger partial charge in [-0.1, -0.05) is 0 Å². The molecule has 1 saturated heterocycles. The number of nitrogens with zero attached hydrogens (tertiary/aromatic N) is 2. The third-order valence-electron chi connectivity index (χ3n) is 3.89. The molecule has 0 saturated carbocycles. The summed E-state index contributed by atoms with van der Waals surface area (Å²) >= 11 is 1.70. The molecule has 1 aliphatic heterocycles. The van der Waals surface area contributed by atoms with Gasteiger partial charge in [0.15, 0.2) is 0 Å². The summed E-state index contributed by atoms with van der Waals surface area (Å²) in [6, 6.07) is 3.44. The van der Waals surface area contributed by atoms with E-state index in [-0.39, 0.29) is 11.7 Å². The molecule has 0 aromatic carbocycles. The normalized spacial score (nSPS) is 16.2. The van der Waals surface area contributed by atoms with Crippen LogP contribution in [0.25, 0.3) is 0 Å². The van der Waals surface area contributed by atoms with Crippen molar-refractivity contribution >= 4 is 23.6 Å². The highest BCUT2D eigenvalue weighted by atomic mass is 32.2. The maximum absolute atomic E-state index is 12.1. The fourth-order valence-corrected chi connectivity index (χ4v) is 3.00. The summed E-state index contributed by atoms with van der Waals surface area (Å²) in [5.41, 5.74) is 0. The van der Waals surface area contributed by atoms with Crippen molar-refractivity contribution in [1.29, 1.82) is 0 Å². The first-order valence-electron chi connectivity index (χ1n) is 7.80. The molecule has 1 aromatic rings. The molecule has 0 bridgehead atoms. The van der Waals surface area contributed by atoms with Crippen LogP contribution in [0.2, 0.25) is 0 Å². The van der Waals surface area contributed by atoms with Crippen LogP contribution in [-0.2, 0) is 16.1 Å². The second kappa shape index (κ2) is 8.98. The molecule has 1 fully saturated rings. The second-order valence-electron chi connectivity index (χ2n) is 5.51. The Bertz CT molecular complexity index is 532. The minimum Gasteiger partial charge on any atom is -0.463 e. The van der Waals surface area contributed by atoms with Gasteiger partial charge in [0.25, 0.3) is 0 Å². The van der Waals surface area contributed by atoms with E-state index in [0.717, 1.165) is 44.1 Å². The van der Waals surface area contributed by atoms with Crippen molar-refractivity contribution in [1.82, 2.24) is 9.80 Å². The lowest BCUT2D eigenvalue weighted by Crippen LogP contribution is -2.35. The van der Waals surface area contributed by atoms with E-state index in [1.165, 1.54) is 7.11 Å². The maximum atomic E-state index is 12.1. The zero-order valence-corrected chi connectivity index (χ0v) is 14.6. The first-order valence-corrected chi connectivity index (χ1v) is 9.19. The highest BCUT2D eigenvalue weighted by Crippen LogP contribution is 2.14. The number of hydrogen-bond acceptors (Lipinski definition) is 6. The third kappa shape index (κ3) is 5.28. The summed E-state index contributed by atoms with van der Waals surface area (Å²) in [6.07, 6.45) is 3.58. The van der Waals surface area contributed by atoms with Crippen LogP contribution in [0.1, 0.15) is 29.2 Å². The molecule has 0 spiro atoms. The number of carbonyl (C=O) groups excluding carboxylic acids is 2. The Labute approximate surface area is 141 Å². The van der Waals surface area contributed by atoms with Gasteiger partial charge < -0.3 is 14.1 Å². The molecule has 1 aromatic heterocycles. The molecule has 0 unspecified atom stereocenters. The molecule has 0 radical (unpaired) electrons. The number of ether oxygens (including phenoxy) is 1. The topological polar surface area (TPSA) is 63.0 Å². The molecule has 2 rings (SSSR count). The Morgan fingerprint density at radius 2 is 2.09 bits per heavy atom. The van der Waals surface area contributed by atoms with Crippen molar-refractivity contribution in [2.75, 3.05) is 45.3 Å². The molecule has 7 heteroatoms. The molecular formula is C16H24N2O4S. The number of thioether (sulfide) groups is 1. The van der Waals surface area contributed by atoms with Crippen molar-refractivity contribution in [2.45, 2.75) is 19.4 Å². The first kappa shape index (κ1) is 17.9. The molecule has 1 aliphatic rings. The van der Waals surface area contributed by atoms with Crippen LogP contribution in [0.15, 0.2) is 16.5 Å². The second-order valence-corrected chi connectivity index (χ2v) is 6.50. The molecular weight excluding hydrogens is 316 g/mol. The number of carbonyl (C=O) groups is 2. The van der Waals surface area contributed by atoms with E-state index < -0.39 is 5.97 Å². The fourth-order valence-electron chi connectivity index (χ4n) is 2.62. The summed E-state index contributed by atoms with van der Waals surface area (Å²) in [5, 5.41) is 0. The third-order valence-corrected chi connectivity index (χ3v) is 4.50. The van der Waals surface area contributed by atoms with Crippen LogP contribution in [0, 0.1) is 0 Å². The van der Waals surface area contributed by atoms with Crippen molar-refractivity contribution < 1.29 is 18.7 Å².